The van der Waals surface area contributed by atoms with Crippen LogP contribution in [0.5, 0.6) is 5.88 Å². The van der Waals surface area contributed by atoms with Gasteiger partial charge in [0.1, 0.15) is 5.82 Å². The number of ether oxygens (including phenoxy) is 1. The first kappa shape index (κ1) is 13.6. The molecule has 1 rings (SSSR count). The third-order valence-corrected chi connectivity index (χ3v) is 2.13. The van der Waals surface area contributed by atoms with Gasteiger partial charge in [-0.15, -0.1) is 0 Å². The Morgan fingerprint density at radius 3 is 2.65 bits per heavy atom. The van der Waals surface area contributed by atoms with Gasteiger partial charge in [-0.05, 0) is 24.0 Å². The number of nitrogen functional groups attached to an aromatic ring is 1. The van der Waals surface area contributed by atoms with E-state index in [2.05, 4.69) is 38.0 Å². The molecule has 1 aromatic heterocycles. The lowest BCUT2D eigenvalue weighted by Crippen LogP contribution is -2.19. The smallest absolute Gasteiger partial charge is 0.239 e. The molecule has 0 aromatic carbocycles. The van der Waals surface area contributed by atoms with Gasteiger partial charge in [0.25, 0.3) is 0 Å². The summed E-state index contributed by atoms with van der Waals surface area (Å²) in [5.41, 5.74) is 6.60. The minimum Gasteiger partial charge on any atom is -0.476 e. The Morgan fingerprint density at radius 1 is 1.35 bits per heavy atom. The SMILES string of the molecule is CCCOc1nc(NCC(C)(C)C)ccc1N. The van der Waals surface area contributed by atoms with Crippen LogP contribution in [-0.4, -0.2) is 18.1 Å². The molecule has 0 unspecified atom stereocenters. The monoisotopic (exact) mass is 237 g/mol. The molecule has 0 fully saturated rings. The van der Waals surface area contributed by atoms with Crippen LogP contribution in [0, 0.1) is 5.41 Å². The lowest BCUT2D eigenvalue weighted by Gasteiger charge is -2.19. The molecule has 0 bridgehead atoms. The van der Waals surface area contributed by atoms with E-state index in [4.69, 9.17) is 10.5 Å². The predicted molar refractivity (Wildman–Crippen MR) is 72.4 cm³/mol. The number of nitrogens with one attached hydrogen (secondary N) is 1. The van der Waals surface area contributed by atoms with Crippen molar-refractivity contribution in [2.75, 3.05) is 24.2 Å². The van der Waals surface area contributed by atoms with Crippen molar-refractivity contribution in [3.05, 3.63) is 12.1 Å². The van der Waals surface area contributed by atoms with Gasteiger partial charge >= 0.3 is 0 Å². The van der Waals surface area contributed by atoms with E-state index in [1.165, 1.54) is 0 Å². The van der Waals surface area contributed by atoms with Gasteiger partial charge in [0.15, 0.2) is 0 Å². The molecular formula is C13H23N3O. The molecule has 4 heteroatoms. The van der Waals surface area contributed by atoms with Gasteiger partial charge < -0.3 is 15.8 Å². The van der Waals surface area contributed by atoms with Crippen LogP contribution in [-0.2, 0) is 0 Å². The van der Waals surface area contributed by atoms with Crippen LogP contribution in [0.15, 0.2) is 12.1 Å². The molecule has 4 nitrogen and oxygen atoms in total. The zero-order chi connectivity index (χ0) is 12.9. The highest BCUT2D eigenvalue weighted by atomic mass is 16.5. The standard InChI is InChI=1S/C13H23N3O/c1-5-8-17-12-10(14)6-7-11(16-12)15-9-13(2,3)4/h6-7H,5,8-9,14H2,1-4H3,(H,15,16). The van der Waals surface area contributed by atoms with Crippen molar-refractivity contribution in [2.45, 2.75) is 34.1 Å². The largest absolute Gasteiger partial charge is 0.476 e. The van der Waals surface area contributed by atoms with E-state index >= 15 is 0 Å². The van der Waals surface area contributed by atoms with E-state index in [0.29, 0.717) is 18.2 Å². The Morgan fingerprint density at radius 2 is 2.06 bits per heavy atom. The number of nitrogens with two attached hydrogens (primary N) is 1. The number of anilines is 2. The summed E-state index contributed by atoms with van der Waals surface area (Å²) in [6, 6.07) is 3.70. The zero-order valence-corrected chi connectivity index (χ0v) is 11.2. The van der Waals surface area contributed by atoms with Gasteiger partial charge in [-0.2, -0.15) is 4.98 Å². The van der Waals surface area contributed by atoms with Crippen molar-refractivity contribution in [1.82, 2.24) is 4.98 Å². The fourth-order valence-electron chi connectivity index (χ4n) is 1.22. The quantitative estimate of drug-likeness (QED) is 0.826. The molecular weight excluding hydrogens is 214 g/mol. The molecule has 0 aliphatic carbocycles. The fourth-order valence-corrected chi connectivity index (χ4v) is 1.22. The van der Waals surface area contributed by atoms with E-state index in [0.717, 1.165) is 18.8 Å². The zero-order valence-electron chi connectivity index (χ0n) is 11.2. The summed E-state index contributed by atoms with van der Waals surface area (Å²) < 4.78 is 5.48. The van der Waals surface area contributed by atoms with E-state index in [1.807, 2.05) is 12.1 Å². The minimum atomic E-state index is 0.216. The Labute approximate surface area is 104 Å². The topological polar surface area (TPSA) is 60.2 Å². The average Bonchev–Trinajstić information content (AvgIpc) is 2.25. The van der Waals surface area contributed by atoms with Crippen LogP contribution < -0.4 is 15.8 Å². The molecule has 3 N–H and O–H groups in total. The van der Waals surface area contributed by atoms with Gasteiger partial charge in [-0.25, -0.2) is 0 Å². The second-order valence-corrected chi connectivity index (χ2v) is 5.35. The minimum absolute atomic E-state index is 0.216. The van der Waals surface area contributed by atoms with Gasteiger partial charge in [0.05, 0.1) is 12.3 Å². The van der Waals surface area contributed by atoms with Crippen molar-refractivity contribution < 1.29 is 4.74 Å². The highest BCUT2D eigenvalue weighted by molar-refractivity contribution is 5.53. The number of pyridine rings is 1. The van der Waals surface area contributed by atoms with Crippen molar-refractivity contribution in [3.8, 4) is 5.88 Å². The third kappa shape index (κ3) is 4.93. The van der Waals surface area contributed by atoms with E-state index < -0.39 is 0 Å². The molecule has 1 heterocycles. The number of rotatable bonds is 5. The molecule has 0 aliphatic rings. The second kappa shape index (κ2) is 5.75. The molecule has 0 saturated heterocycles. The molecule has 1 aromatic rings. The van der Waals surface area contributed by atoms with Gasteiger partial charge in [-0.1, -0.05) is 27.7 Å². The van der Waals surface area contributed by atoms with Gasteiger partial charge in [0.2, 0.25) is 5.88 Å². The molecule has 0 saturated carbocycles. The first-order chi connectivity index (χ1) is 7.92. The lowest BCUT2D eigenvalue weighted by molar-refractivity contribution is 0.307. The maximum absolute atomic E-state index is 5.80. The van der Waals surface area contributed by atoms with Crippen LogP contribution in [0.25, 0.3) is 0 Å². The molecule has 0 spiro atoms. The van der Waals surface area contributed by atoms with Crippen LogP contribution in [0.3, 0.4) is 0 Å². The van der Waals surface area contributed by atoms with Gasteiger partial charge in [-0.3, -0.25) is 0 Å². The summed E-state index contributed by atoms with van der Waals surface area (Å²) in [5.74, 6) is 1.32. The van der Waals surface area contributed by atoms with Crippen LogP contribution in [0.4, 0.5) is 11.5 Å². The van der Waals surface area contributed by atoms with Crippen molar-refractivity contribution in [2.24, 2.45) is 5.41 Å². The molecule has 0 radical (unpaired) electrons. The van der Waals surface area contributed by atoms with E-state index in [1.54, 1.807) is 0 Å². The first-order valence-corrected chi connectivity index (χ1v) is 6.05. The predicted octanol–water partition coefficient (Wildman–Crippen LogP) is 2.91. The lowest BCUT2D eigenvalue weighted by atomic mass is 9.97. The van der Waals surface area contributed by atoms with Crippen LogP contribution in [0.2, 0.25) is 0 Å². The Hall–Kier alpha value is -1.45. The summed E-state index contributed by atoms with van der Waals surface area (Å²) in [6.45, 7) is 10.1. The molecule has 0 amide bonds. The summed E-state index contributed by atoms with van der Waals surface area (Å²) in [4.78, 5) is 4.35. The normalized spacial score (nSPS) is 11.3. The maximum atomic E-state index is 5.80. The molecule has 17 heavy (non-hydrogen) atoms. The molecule has 0 aliphatic heterocycles. The van der Waals surface area contributed by atoms with E-state index in [-0.39, 0.29) is 5.41 Å². The molecule has 96 valence electrons. The number of hydrogen-bond donors (Lipinski definition) is 2. The summed E-state index contributed by atoms with van der Waals surface area (Å²) >= 11 is 0. The third-order valence-electron chi connectivity index (χ3n) is 2.13. The summed E-state index contributed by atoms with van der Waals surface area (Å²) in [5, 5.41) is 3.28. The number of nitrogens with zero attached hydrogens (tertiary/aromatic N) is 1. The highest BCUT2D eigenvalue weighted by Crippen LogP contribution is 2.22. The highest BCUT2D eigenvalue weighted by Gasteiger charge is 2.10. The van der Waals surface area contributed by atoms with Crippen molar-refractivity contribution in [3.63, 3.8) is 0 Å². The maximum Gasteiger partial charge on any atom is 0.239 e. The van der Waals surface area contributed by atoms with Crippen molar-refractivity contribution >= 4 is 11.5 Å². The van der Waals surface area contributed by atoms with E-state index in [9.17, 15) is 0 Å². The Bertz CT molecular complexity index is 358. The first-order valence-electron chi connectivity index (χ1n) is 6.05. The molecule has 0 atom stereocenters. The second-order valence-electron chi connectivity index (χ2n) is 5.35. The van der Waals surface area contributed by atoms with Crippen molar-refractivity contribution in [1.29, 1.82) is 0 Å². The fraction of sp³-hybridized carbons (Fsp3) is 0.615. The average molecular weight is 237 g/mol. The Kier molecular flexibility index (Phi) is 4.61. The Balaban J connectivity index is 2.67. The summed E-state index contributed by atoms with van der Waals surface area (Å²) in [6.07, 6.45) is 0.945. The number of hydrogen-bond acceptors (Lipinski definition) is 4. The van der Waals surface area contributed by atoms with Crippen LogP contribution in [0.1, 0.15) is 34.1 Å². The summed E-state index contributed by atoms with van der Waals surface area (Å²) in [7, 11) is 0. The van der Waals surface area contributed by atoms with Crippen LogP contribution >= 0.6 is 0 Å². The number of aromatic nitrogens is 1. The van der Waals surface area contributed by atoms with Gasteiger partial charge in [0, 0.05) is 6.54 Å².